The summed E-state index contributed by atoms with van der Waals surface area (Å²) in [6, 6.07) is 0. The highest BCUT2D eigenvalue weighted by atomic mass is 16.1. The molecule has 1 saturated heterocycles. The number of nitrogens with zero attached hydrogens (tertiary/aromatic N) is 2. The van der Waals surface area contributed by atoms with Crippen molar-refractivity contribution in [1.82, 2.24) is 15.3 Å². The summed E-state index contributed by atoms with van der Waals surface area (Å²) in [4.78, 5) is 19.8. The number of nitrogens with one attached hydrogen (secondary N) is 1. The maximum absolute atomic E-state index is 11.6. The minimum atomic E-state index is -0.0515. The summed E-state index contributed by atoms with van der Waals surface area (Å²) in [5, 5.41) is 3.20. The third-order valence-electron chi connectivity index (χ3n) is 2.49. The van der Waals surface area contributed by atoms with Crippen LogP contribution in [0.4, 0.5) is 0 Å². The van der Waals surface area contributed by atoms with Gasteiger partial charge in [0, 0.05) is 37.5 Å². The van der Waals surface area contributed by atoms with Crippen molar-refractivity contribution in [2.24, 2.45) is 0 Å². The number of aryl methyl sites for hydroxylation is 1. The van der Waals surface area contributed by atoms with Crippen molar-refractivity contribution >= 4 is 5.78 Å². The van der Waals surface area contributed by atoms with E-state index in [9.17, 15) is 4.79 Å². The van der Waals surface area contributed by atoms with Crippen LogP contribution in [0.5, 0.6) is 0 Å². The molecule has 2 heterocycles. The van der Waals surface area contributed by atoms with E-state index in [1.54, 1.807) is 12.4 Å². The highest BCUT2D eigenvalue weighted by molar-refractivity contribution is 5.86. The van der Waals surface area contributed by atoms with Gasteiger partial charge < -0.3 is 5.32 Å². The first-order valence-corrected chi connectivity index (χ1v) is 4.79. The molecule has 2 rings (SSSR count). The van der Waals surface area contributed by atoms with Crippen molar-refractivity contribution in [3.05, 3.63) is 23.8 Å². The molecular weight excluding hydrogens is 178 g/mol. The fourth-order valence-electron chi connectivity index (χ4n) is 1.63. The lowest BCUT2D eigenvalue weighted by molar-refractivity contribution is -0.121. The smallest absolute Gasteiger partial charge is 0.142 e. The number of hydrogen-bond donors (Lipinski definition) is 1. The number of Topliss-reactive ketones (excluding diaryl/α,β-unsaturated/α-hetero) is 1. The molecule has 4 heteroatoms. The van der Waals surface area contributed by atoms with Crippen LogP contribution in [0.15, 0.2) is 12.4 Å². The van der Waals surface area contributed by atoms with E-state index in [4.69, 9.17) is 0 Å². The molecule has 0 radical (unpaired) electrons. The van der Waals surface area contributed by atoms with Gasteiger partial charge in [-0.05, 0) is 6.92 Å². The second-order valence-corrected chi connectivity index (χ2v) is 3.54. The van der Waals surface area contributed by atoms with Crippen LogP contribution >= 0.6 is 0 Å². The Bertz CT molecular complexity index is 334. The molecule has 4 nitrogen and oxygen atoms in total. The Kier molecular flexibility index (Phi) is 2.54. The van der Waals surface area contributed by atoms with E-state index >= 15 is 0 Å². The Morgan fingerprint density at radius 1 is 1.43 bits per heavy atom. The van der Waals surface area contributed by atoms with Gasteiger partial charge >= 0.3 is 0 Å². The van der Waals surface area contributed by atoms with Gasteiger partial charge in [-0.3, -0.25) is 4.79 Å². The van der Waals surface area contributed by atoms with Gasteiger partial charge in [-0.2, -0.15) is 0 Å². The minimum absolute atomic E-state index is 0.0515. The molecule has 1 aliphatic rings. The standard InChI is InChI=1S/C10H13N3O/c1-7-12-4-8(5-13-7)9-6-11-3-2-10(9)14/h4-5,9,11H,2-3,6H2,1H3. The van der Waals surface area contributed by atoms with E-state index in [0.717, 1.165) is 17.9 Å². The van der Waals surface area contributed by atoms with Crippen molar-refractivity contribution < 1.29 is 4.79 Å². The fourth-order valence-corrected chi connectivity index (χ4v) is 1.63. The number of aromatic nitrogens is 2. The summed E-state index contributed by atoms with van der Waals surface area (Å²) in [6.07, 6.45) is 4.11. The van der Waals surface area contributed by atoms with Crippen LogP contribution in [0.1, 0.15) is 23.7 Å². The molecule has 1 N–H and O–H groups in total. The van der Waals surface area contributed by atoms with Crippen LogP contribution in [0.25, 0.3) is 0 Å². The van der Waals surface area contributed by atoms with E-state index < -0.39 is 0 Å². The highest BCUT2D eigenvalue weighted by Crippen LogP contribution is 2.18. The van der Waals surface area contributed by atoms with Crippen molar-refractivity contribution in [2.75, 3.05) is 13.1 Å². The van der Waals surface area contributed by atoms with Crippen molar-refractivity contribution in [3.8, 4) is 0 Å². The quantitative estimate of drug-likeness (QED) is 0.699. The first-order chi connectivity index (χ1) is 6.77. The predicted molar refractivity (Wildman–Crippen MR) is 52.0 cm³/mol. The van der Waals surface area contributed by atoms with Crippen molar-refractivity contribution in [1.29, 1.82) is 0 Å². The van der Waals surface area contributed by atoms with E-state index in [1.165, 1.54) is 0 Å². The Morgan fingerprint density at radius 2 is 2.14 bits per heavy atom. The molecule has 1 aromatic heterocycles. The number of rotatable bonds is 1. The third kappa shape index (κ3) is 1.80. The molecule has 14 heavy (non-hydrogen) atoms. The molecule has 1 unspecified atom stereocenters. The molecule has 0 spiro atoms. The number of piperidine rings is 1. The van der Waals surface area contributed by atoms with E-state index in [0.29, 0.717) is 13.0 Å². The predicted octanol–water partition coefficient (Wildman–Crippen LogP) is 0.431. The summed E-state index contributed by atoms with van der Waals surface area (Å²) in [5.41, 5.74) is 0.924. The molecule has 1 atom stereocenters. The zero-order chi connectivity index (χ0) is 9.97. The van der Waals surface area contributed by atoms with Gasteiger partial charge in [0.1, 0.15) is 11.6 Å². The Morgan fingerprint density at radius 3 is 2.79 bits per heavy atom. The lowest BCUT2D eigenvalue weighted by Crippen LogP contribution is -2.35. The summed E-state index contributed by atoms with van der Waals surface area (Å²) in [6.45, 7) is 3.35. The summed E-state index contributed by atoms with van der Waals surface area (Å²) in [5.74, 6) is 0.977. The average Bonchev–Trinajstić information content (AvgIpc) is 2.20. The monoisotopic (exact) mass is 191 g/mol. The molecule has 0 saturated carbocycles. The molecular formula is C10H13N3O. The van der Waals surface area contributed by atoms with Crippen LogP contribution in [-0.4, -0.2) is 28.8 Å². The fraction of sp³-hybridized carbons (Fsp3) is 0.500. The zero-order valence-electron chi connectivity index (χ0n) is 8.16. The maximum atomic E-state index is 11.6. The molecule has 1 fully saturated rings. The SMILES string of the molecule is Cc1ncc(C2CNCCC2=O)cn1. The molecule has 0 amide bonds. The normalized spacial score (nSPS) is 22.4. The van der Waals surface area contributed by atoms with Crippen LogP contribution in [-0.2, 0) is 4.79 Å². The third-order valence-corrected chi connectivity index (χ3v) is 2.49. The molecule has 1 aliphatic heterocycles. The molecule has 74 valence electrons. The van der Waals surface area contributed by atoms with Crippen LogP contribution in [0, 0.1) is 6.92 Å². The Labute approximate surface area is 82.8 Å². The van der Waals surface area contributed by atoms with Gasteiger partial charge in [-0.25, -0.2) is 9.97 Å². The van der Waals surface area contributed by atoms with Crippen LogP contribution in [0.3, 0.4) is 0 Å². The number of carbonyl (C=O) groups excluding carboxylic acids is 1. The number of ketones is 1. The molecule has 1 aromatic rings. The van der Waals surface area contributed by atoms with Crippen molar-refractivity contribution in [3.63, 3.8) is 0 Å². The topological polar surface area (TPSA) is 54.9 Å². The van der Waals surface area contributed by atoms with Gasteiger partial charge in [0.2, 0.25) is 0 Å². The van der Waals surface area contributed by atoms with Crippen molar-refractivity contribution in [2.45, 2.75) is 19.3 Å². The highest BCUT2D eigenvalue weighted by Gasteiger charge is 2.23. The average molecular weight is 191 g/mol. The van der Waals surface area contributed by atoms with Gasteiger partial charge in [-0.15, -0.1) is 0 Å². The van der Waals surface area contributed by atoms with E-state index in [1.807, 2.05) is 6.92 Å². The van der Waals surface area contributed by atoms with E-state index in [-0.39, 0.29) is 11.7 Å². The maximum Gasteiger partial charge on any atom is 0.142 e. The zero-order valence-corrected chi connectivity index (χ0v) is 8.16. The number of hydrogen-bond acceptors (Lipinski definition) is 4. The van der Waals surface area contributed by atoms with Gasteiger partial charge in [0.05, 0.1) is 5.92 Å². The van der Waals surface area contributed by atoms with Crippen LogP contribution in [0.2, 0.25) is 0 Å². The molecule has 0 aromatic carbocycles. The molecule has 0 bridgehead atoms. The summed E-state index contributed by atoms with van der Waals surface area (Å²) < 4.78 is 0. The summed E-state index contributed by atoms with van der Waals surface area (Å²) in [7, 11) is 0. The summed E-state index contributed by atoms with van der Waals surface area (Å²) >= 11 is 0. The van der Waals surface area contributed by atoms with Crippen LogP contribution < -0.4 is 5.32 Å². The molecule has 0 aliphatic carbocycles. The minimum Gasteiger partial charge on any atom is -0.315 e. The van der Waals surface area contributed by atoms with E-state index in [2.05, 4.69) is 15.3 Å². The van der Waals surface area contributed by atoms with Gasteiger partial charge in [0.15, 0.2) is 0 Å². The first-order valence-electron chi connectivity index (χ1n) is 4.79. The first kappa shape index (κ1) is 9.27. The second-order valence-electron chi connectivity index (χ2n) is 3.54. The van der Waals surface area contributed by atoms with Gasteiger partial charge in [-0.1, -0.05) is 0 Å². The Balaban J connectivity index is 2.20. The lowest BCUT2D eigenvalue weighted by Gasteiger charge is -2.21. The lowest BCUT2D eigenvalue weighted by atomic mass is 9.92. The Hall–Kier alpha value is -1.29. The second kappa shape index (κ2) is 3.84. The number of carbonyl (C=O) groups is 1. The van der Waals surface area contributed by atoms with Gasteiger partial charge in [0.25, 0.3) is 0 Å². The largest absolute Gasteiger partial charge is 0.315 e.